The topological polar surface area (TPSA) is 67.6 Å². The average molecular weight is 251 g/mol. The summed E-state index contributed by atoms with van der Waals surface area (Å²) in [6.45, 7) is 0.582. The van der Waals surface area contributed by atoms with Crippen LogP contribution in [0.2, 0.25) is 5.02 Å². The Morgan fingerprint density at radius 1 is 1.18 bits per heavy atom. The molecule has 0 bridgehead atoms. The number of nitrogens with zero attached hydrogens (tertiary/aromatic N) is 2. The van der Waals surface area contributed by atoms with E-state index in [0.717, 1.165) is 41.5 Å². The molecule has 0 atom stereocenters. The predicted octanol–water partition coefficient (Wildman–Crippen LogP) is 1.74. The Bertz CT molecular complexity index is 481. The van der Waals surface area contributed by atoms with Crippen molar-refractivity contribution in [2.75, 3.05) is 6.54 Å². The van der Waals surface area contributed by atoms with E-state index in [0.29, 0.717) is 6.54 Å². The number of hydrogen-bond donors (Lipinski definition) is 2. The van der Waals surface area contributed by atoms with Crippen LogP contribution in [0.5, 0.6) is 0 Å². The van der Waals surface area contributed by atoms with Gasteiger partial charge in [0.15, 0.2) is 5.82 Å². The normalized spacial score (nSPS) is 10.7. The van der Waals surface area contributed by atoms with Crippen molar-refractivity contribution in [3.05, 3.63) is 46.5 Å². The predicted molar refractivity (Wildman–Crippen MR) is 68.0 cm³/mol. The molecule has 90 valence electrons. The summed E-state index contributed by atoms with van der Waals surface area (Å²) in [6, 6.07) is 7.83. The Morgan fingerprint density at radius 2 is 2.00 bits per heavy atom. The molecule has 1 aromatic heterocycles. The van der Waals surface area contributed by atoms with Gasteiger partial charge in [-0.25, -0.2) is 4.98 Å². The molecule has 0 aliphatic heterocycles. The molecule has 5 heteroatoms. The highest BCUT2D eigenvalue weighted by atomic mass is 35.5. The second kappa shape index (κ2) is 5.80. The van der Waals surface area contributed by atoms with Crippen molar-refractivity contribution >= 4 is 11.6 Å². The molecule has 2 rings (SSSR count). The van der Waals surface area contributed by atoms with Crippen LogP contribution >= 0.6 is 11.6 Å². The zero-order valence-corrected chi connectivity index (χ0v) is 10.2. The molecule has 2 aromatic rings. The van der Waals surface area contributed by atoms with Gasteiger partial charge < -0.3 is 5.73 Å². The quantitative estimate of drug-likeness (QED) is 0.850. The van der Waals surface area contributed by atoms with Crippen molar-refractivity contribution in [3.63, 3.8) is 0 Å². The lowest BCUT2D eigenvalue weighted by Gasteiger charge is -2.00. The first kappa shape index (κ1) is 12.1. The minimum atomic E-state index is 0.582. The van der Waals surface area contributed by atoms with Crippen molar-refractivity contribution in [2.45, 2.75) is 19.3 Å². The average Bonchev–Trinajstić information content (AvgIpc) is 2.76. The van der Waals surface area contributed by atoms with Crippen molar-refractivity contribution in [1.29, 1.82) is 0 Å². The molecule has 0 saturated carbocycles. The van der Waals surface area contributed by atoms with Gasteiger partial charge in [0.25, 0.3) is 0 Å². The number of benzene rings is 1. The summed E-state index contributed by atoms with van der Waals surface area (Å²) in [5.41, 5.74) is 6.57. The highest BCUT2D eigenvalue weighted by Gasteiger charge is 2.04. The first-order chi connectivity index (χ1) is 8.29. The maximum absolute atomic E-state index is 6.08. The molecule has 0 aliphatic carbocycles. The zero-order valence-electron chi connectivity index (χ0n) is 9.49. The van der Waals surface area contributed by atoms with Crippen LogP contribution in [0.25, 0.3) is 0 Å². The minimum Gasteiger partial charge on any atom is -0.330 e. The van der Waals surface area contributed by atoms with Crippen molar-refractivity contribution < 1.29 is 0 Å². The van der Waals surface area contributed by atoms with Gasteiger partial charge in [-0.3, -0.25) is 5.10 Å². The maximum atomic E-state index is 6.08. The van der Waals surface area contributed by atoms with Crippen LogP contribution in [-0.2, 0) is 19.3 Å². The number of H-pyrrole nitrogens is 1. The van der Waals surface area contributed by atoms with Crippen LogP contribution in [0.3, 0.4) is 0 Å². The van der Waals surface area contributed by atoms with Gasteiger partial charge in [0.05, 0.1) is 0 Å². The highest BCUT2D eigenvalue weighted by Crippen LogP contribution is 2.16. The van der Waals surface area contributed by atoms with E-state index in [4.69, 9.17) is 17.3 Å². The summed E-state index contributed by atoms with van der Waals surface area (Å²) in [5, 5.41) is 7.82. The minimum absolute atomic E-state index is 0.582. The van der Waals surface area contributed by atoms with E-state index >= 15 is 0 Å². The summed E-state index contributed by atoms with van der Waals surface area (Å²) in [4.78, 5) is 4.35. The van der Waals surface area contributed by atoms with Crippen molar-refractivity contribution in [1.82, 2.24) is 15.2 Å². The molecular weight excluding hydrogens is 236 g/mol. The molecule has 3 N–H and O–H groups in total. The number of rotatable bonds is 5. The molecule has 0 amide bonds. The van der Waals surface area contributed by atoms with Crippen LogP contribution in [0.15, 0.2) is 24.3 Å². The molecule has 0 saturated heterocycles. The second-order valence-electron chi connectivity index (χ2n) is 3.83. The fraction of sp³-hybridized carbons (Fsp3) is 0.333. The standard InChI is InChI=1S/C12H15ClN4/c13-10-4-2-1-3-9(10)5-6-11-15-12(7-8-14)17-16-11/h1-4H,5-8,14H2,(H,15,16,17). The number of nitrogens with two attached hydrogens (primary N) is 1. The molecule has 0 fully saturated rings. The maximum Gasteiger partial charge on any atom is 0.151 e. The van der Waals surface area contributed by atoms with Crippen LogP contribution < -0.4 is 5.73 Å². The van der Waals surface area contributed by atoms with Crippen molar-refractivity contribution in [2.24, 2.45) is 5.73 Å². The van der Waals surface area contributed by atoms with Gasteiger partial charge in [-0.15, -0.1) is 0 Å². The molecule has 0 aliphatic rings. The third kappa shape index (κ3) is 3.28. The van der Waals surface area contributed by atoms with Crippen LogP contribution in [0.4, 0.5) is 0 Å². The number of hydrogen-bond acceptors (Lipinski definition) is 3. The zero-order chi connectivity index (χ0) is 12.1. The van der Waals surface area contributed by atoms with Gasteiger partial charge in [-0.05, 0) is 24.6 Å². The van der Waals surface area contributed by atoms with E-state index in [1.807, 2.05) is 24.3 Å². The van der Waals surface area contributed by atoms with Crippen molar-refractivity contribution in [3.8, 4) is 0 Å². The lowest BCUT2D eigenvalue weighted by molar-refractivity contribution is 0.864. The smallest absolute Gasteiger partial charge is 0.151 e. The van der Waals surface area contributed by atoms with Crippen LogP contribution in [-0.4, -0.2) is 21.7 Å². The number of aromatic amines is 1. The Morgan fingerprint density at radius 3 is 2.76 bits per heavy atom. The number of halogens is 1. The van der Waals surface area contributed by atoms with Gasteiger partial charge in [0.1, 0.15) is 5.82 Å². The highest BCUT2D eigenvalue weighted by molar-refractivity contribution is 6.31. The summed E-state index contributed by atoms with van der Waals surface area (Å²) in [6.07, 6.45) is 2.36. The van der Waals surface area contributed by atoms with Crippen LogP contribution in [0.1, 0.15) is 17.2 Å². The Hall–Kier alpha value is -1.39. The van der Waals surface area contributed by atoms with E-state index in [2.05, 4.69) is 15.2 Å². The molecular formula is C12H15ClN4. The molecule has 0 radical (unpaired) electrons. The molecule has 0 spiro atoms. The molecule has 1 heterocycles. The number of nitrogens with one attached hydrogen (secondary N) is 1. The first-order valence-corrected chi connectivity index (χ1v) is 6.01. The second-order valence-corrected chi connectivity index (χ2v) is 4.24. The van der Waals surface area contributed by atoms with Gasteiger partial charge in [-0.2, -0.15) is 5.10 Å². The van der Waals surface area contributed by atoms with Gasteiger partial charge in [0.2, 0.25) is 0 Å². The molecule has 4 nitrogen and oxygen atoms in total. The monoisotopic (exact) mass is 250 g/mol. The van der Waals surface area contributed by atoms with Gasteiger partial charge in [0, 0.05) is 17.9 Å². The van der Waals surface area contributed by atoms with Gasteiger partial charge >= 0.3 is 0 Å². The van der Waals surface area contributed by atoms with E-state index in [1.54, 1.807) is 0 Å². The summed E-state index contributed by atoms with van der Waals surface area (Å²) < 4.78 is 0. The van der Waals surface area contributed by atoms with Gasteiger partial charge in [-0.1, -0.05) is 29.8 Å². The largest absolute Gasteiger partial charge is 0.330 e. The third-order valence-corrected chi connectivity index (χ3v) is 2.90. The SMILES string of the molecule is NCCc1nc(CCc2ccccc2Cl)n[nH]1. The van der Waals surface area contributed by atoms with Crippen LogP contribution in [0, 0.1) is 0 Å². The van der Waals surface area contributed by atoms with E-state index < -0.39 is 0 Å². The third-order valence-electron chi connectivity index (χ3n) is 2.53. The fourth-order valence-corrected chi connectivity index (χ4v) is 1.87. The lowest BCUT2D eigenvalue weighted by Crippen LogP contribution is -2.04. The molecule has 0 unspecified atom stereocenters. The number of aryl methyl sites for hydroxylation is 2. The Balaban J connectivity index is 1.95. The van der Waals surface area contributed by atoms with E-state index in [-0.39, 0.29) is 0 Å². The lowest BCUT2D eigenvalue weighted by atomic mass is 10.1. The first-order valence-electron chi connectivity index (χ1n) is 5.63. The summed E-state index contributed by atoms with van der Waals surface area (Å²) in [5.74, 6) is 1.66. The molecule has 1 aromatic carbocycles. The molecule has 17 heavy (non-hydrogen) atoms. The fourth-order valence-electron chi connectivity index (χ4n) is 1.64. The van der Waals surface area contributed by atoms with E-state index in [1.165, 1.54) is 0 Å². The van der Waals surface area contributed by atoms with E-state index in [9.17, 15) is 0 Å². The summed E-state index contributed by atoms with van der Waals surface area (Å²) in [7, 11) is 0. The summed E-state index contributed by atoms with van der Waals surface area (Å²) >= 11 is 6.08. The Kier molecular flexibility index (Phi) is 4.12. The Labute approximate surface area is 105 Å². The number of aromatic nitrogens is 3.